The van der Waals surface area contributed by atoms with Crippen LogP contribution in [-0.2, 0) is 0 Å². The smallest absolute Gasteiger partial charge is 0.204 e. The molecule has 1 heterocycles. The van der Waals surface area contributed by atoms with Crippen molar-refractivity contribution in [2.75, 3.05) is 0 Å². The van der Waals surface area contributed by atoms with Gasteiger partial charge >= 0.3 is 0 Å². The molecule has 0 spiro atoms. The van der Waals surface area contributed by atoms with Gasteiger partial charge in [0.15, 0.2) is 11.6 Å². The molecule has 0 amide bonds. The minimum Gasteiger partial charge on any atom is -0.204 e. The van der Waals surface area contributed by atoms with E-state index >= 15 is 0 Å². The summed E-state index contributed by atoms with van der Waals surface area (Å²) in [6, 6.07) is 3.87. The lowest BCUT2D eigenvalue weighted by Gasteiger charge is -1.97. The summed E-state index contributed by atoms with van der Waals surface area (Å²) >= 11 is 6.40. The zero-order valence-corrected chi connectivity index (χ0v) is 8.24. The second-order valence-corrected chi connectivity index (χ2v) is 3.56. The first-order chi connectivity index (χ1) is 6.68. The van der Waals surface area contributed by atoms with E-state index in [1.807, 2.05) is 0 Å². The fourth-order valence-corrected chi connectivity index (χ4v) is 1.81. The van der Waals surface area contributed by atoms with E-state index in [0.717, 1.165) is 17.6 Å². The van der Waals surface area contributed by atoms with Crippen molar-refractivity contribution in [2.45, 2.75) is 0 Å². The van der Waals surface area contributed by atoms with E-state index in [1.165, 1.54) is 12.1 Å². The molecule has 0 saturated heterocycles. The van der Waals surface area contributed by atoms with Gasteiger partial charge in [0.2, 0.25) is 5.28 Å². The molecule has 0 unspecified atom stereocenters. The number of hydrogen-bond donors (Lipinski definition) is 0. The van der Waals surface area contributed by atoms with Gasteiger partial charge in [0.1, 0.15) is 5.01 Å². The Morgan fingerprint density at radius 3 is 2.71 bits per heavy atom. The van der Waals surface area contributed by atoms with Gasteiger partial charge in [0.05, 0.1) is 5.56 Å². The van der Waals surface area contributed by atoms with Crippen LogP contribution in [-0.4, -0.2) is 9.36 Å². The molecule has 0 bridgehead atoms. The highest BCUT2D eigenvalue weighted by Crippen LogP contribution is 2.26. The molecule has 0 N–H and O–H groups in total. The van der Waals surface area contributed by atoms with E-state index in [-0.39, 0.29) is 15.9 Å². The van der Waals surface area contributed by atoms with Gasteiger partial charge in [-0.25, -0.2) is 13.8 Å². The standard InChI is InChI=1S/C8H3ClF2N2S/c9-8-12-7(14-13-8)4-2-1-3-5(10)6(4)11/h1-3H. The molecular weight excluding hydrogens is 230 g/mol. The third-order valence-electron chi connectivity index (χ3n) is 1.58. The Morgan fingerprint density at radius 1 is 1.29 bits per heavy atom. The van der Waals surface area contributed by atoms with Crippen LogP contribution < -0.4 is 0 Å². The lowest BCUT2D eigenvalue weighted by Crippen LogP contribution is -1.87. The van der Waals surface area contributed by atoms with E-state index in [4.69, 9.17) is 11.6 Å². The average Bonchev–Trinajstić information content (AvgIpc) is 2.57. The second-order valence-electron chi connectivity index (χ2n) is 2.47. The van der Waals surface area contributed by atoms with Crippen LogP contribution >= 0.6 is 23.1 Å². The van der Waals surface area contributed by atoms with E-state index in [0.29, 0.717) is 0 Å². The first-order valence-corrected chi connectivity index (χ1v) is 4.77. The molecule has 2 aromatic rings. The molecule has 2 rings (SSSR count). The van der Waals surface area contributed by atoms with Crippen molar-refractivity contribution in [3.63, 3.8) is 0 Å². The second kappa shape index (κ2) is 3.59. The van der Waals surface area contributed by atoms with Crippen LogP contribution in [0, 0.1) is 11.6 Å². The lowest BCUT2D eigenvalue weighted by molar-refractivity contribution is 0.511. The fraction of sp³-hybridized carbons (Fsp3) is 0. The quantitative estimate of drug-likeness (QED) is 0.755. The van der Waals surface area contributed by atoms with Gasteiger partial charge in [-0.05, 0) is 35.3 Å². The van der Waals surface area contributed by atoms with E-state index in [1.54, 1.807) is 0 Å². The number of halogens is 3. The van der Waals surface area contributed by atoms with Crippen LogP contribution in [0.3, 0.4) is 0 Å². The van der Waals surface area contributed by atoms with Gasteiger partial charge in [-0.1, -0.05) is 6.07 Å². The largest absolute Gasteiger partial charge is 0.234 e. The molecule has 1 aromatic heterocycles. The van der Waals surface area contributed by atoms with E-state index in [2.05, 4.69) is 9.36 Å². The monoisotopic (exact) mass is 232 g/mol. The predicted molar refractivity (Wildman–Crippen MR) is 50.3 cm³/mol. The van der Waals surface area contributed by atoms with Crippen molar-refractivity contribution >= 4 is 23.1 Å². The molecule has 6 heteroatoms. The Balaban J connectivity index is 2.57. The van der Waals surface area contributed by atoms with Crippen LogP contribution in [0.4, 0.5) is 8.78 Å². The molecule has 0 aliphatic heterocycles. The average molecular weight is 233 g/mol. The topological polar surface area (TPSA) is 25.8 Å². The van der Waals surface area contributed by atoms with Crippen molar-refractivity contribution in [3.8, 4) is 10.6 Å². The fourth-order valence-electron chi connectivity index (χ4n) is 0.984. The number of hydrogen-bond acceptors (Lipinski definition) is 3. The summed E-state index contributed by atoms with van der Waals surface area (Å²) in [6.07, 6.45) is 0. The van der Waals surface area contributed by atoms with Gasteiger partial charge < -0.3 is 0 Å². The zero-order chi connectivity index (χ0) is 10.1. The highest BCUT2D eigenvalue weighted by molar-refractivity contribution is 7.09. The first-order valence-electron chi connectivity index (χ1n) is 3.62. The highest BCUT2D eigenvalue weighted by Gasteiger charge is 2.13. The minimum atomic E-state index is -0.930. The summed E-state index contributed by atoms with van der Waals surface area (Å²) in [4.78, 5) is 3.75. The number of rotatable bonds is 1. The third kappa shape index (κ3) is 1.60. The molecular formula is C8H3ClF2N2S. The van der Waals surface area contributed by atoms with Crippen LogP contribution in [0.25, 0.3) is 10.6 Å². The third-order valence-corrected chi connectivity index (χ3v) is 2.60. The maximum absolute atomic E-state index is 13.2. The van der Waals surface area contributed by atoms with Crippen molar-refractivity contribution in [1.29, 1.82) is 0 Å². The molecule has 14 heavy (non-hydrogen) atoms. The molecule has 0 atom stereocenters. The molecule has 0 radical (unpaired) electrons. The van der Waals surface area contributed by atoms with Crippen LogP contribution in [0.1, 0.15) is 0 Å². The molecule has 0 fully saturated rings. The van der Waals surface area contributed by atoms with Gasteiger partial charge in [-0.15, -0.1) is 0 Å². The lowest BCUT2D eigenvalue weighted by atomic mass is 10.2. The normalized spacial score (nSPS) is 10.5. The molecule has 0 saturated carbocycles. The van der Waals surface area contributed by atoms with Crippen molar-refractivity contribution in [1.82, 2.24) is 9.36 Å². The first kappa shape index (κ1) is 9.48. The number of benzene rings is 1. The summed E-state index contributed by atoms with van der Waals surface area (Å²) in [5.41, 5.74) is 0.0781. The summed E-state index contributed by atoms with van der Waals surface area (Å²) < 4.78 is 29.7. The molecule has 2 nitrogen and oxygen atoms in total. The summed E-state index contributed by atoms with van der Waals surface area (Å²) in [5.74, 6) is -1.84. The summed E-state index contributed by atoms with van der Waals surface area (Å²) in [7, 11) is 0. The maximum Gasteiger partial charge on any atom is 0.234 e. The Labute approximate surface area is 87.3 Å². The maximum atomic E-state index is 13.2. The summed E-state index contributed by atoms with van der Waals surface area (Å²) in [5, 5.41) is 0.306. The Morgan fingerprint density at radius 2 is 2.07 bits per heavy atom. The summed E-state index contributed by atoms with van der Waals surface area (Å²) in [6.45, 7) is 0. The Bertz CT molecular complexity index is 472. The predicted octanol–water partition coefficient (Wildman–Crippen LogP) is 3.14. The van der Waals surface area contributed by atoms with E-state index in [9.17, 15) is 8.78 Å². The molecule has 0 aliphatic rings. The van der Waals surface area contributed by atoms with Gasteiger partial charge in [-0.3, -0.25) is 0 Å². The van der Waals surface area contributed by atoms with Crippen LogP contribution in [0.15, 0.2) is 18.2 Å². The highest BCUT2D eigenvalue weighted by atomic mass is 35.5. The van der Waals surface area contributed by atoms with Crippen LogP contribution in [0.5, 0.6) is 0 Å². The number of nitrogens with zero attached hydrogens (tertiary/aromatic N) is 2. The number of aromatic nitrogens is 2. The van der Waals surface area contributed by atoms with E-state index < -0.39 is 11.6 Å². The van der Waals surface area contributed by atoms with Gasteiger partial charge in [-0.2, -0.15) is 4.37 Å². The molecule has 0 aliphatic carbocycles. The van der Waals surface area contributed by atoms with Gasteiger partial charge in [0.25, 0.3) is 0 Å². The van der Waals surface area contributed by atoms with Crippen LogP contribution in [0.2, 0.25) is 5.28 Å². The minimum absolute atomic E-state index is 0.0358. The van der Waals surface area contributed by atoms with Crippen molar-refractivity contribution in [2.24, 2.45) is 0 Å². The van der Waals surface area contributed by atoms with Gasteiger partial charge in [0, 0.05) is 0 Å². The molecule has 72 valence electrons. The SMILES string of the molecule is Fc1cccc(-c2nc(Cl)ns2)c1F. The van der Waals surface area contributed by atoms with Crippen molar-refractivity contribution < 1.29 is 8.78 Å². The Kier molecular flexibility index (Phi) is 2.43. The molecule has 1 aromatic carbocycles. The van der Waals surface area contributed by atoms with Crippen molar-refractivity contribution in [3.05, 3.63) is 35.1 Å². The Hall–Kier alpha value is -1.07. The zero-order valence-electron chi connectivity index (χ0n) is 6.67.